The molecule has 0 radical (unpaired) electrons. The Morgan fingerprint density at radius 2 is 1.20 bits per heavy atom. The molecule has 4 heterocycles. The summed E-state index contributed by atoms with van der Waals surface area (Å²) in [4.78, 5) is 11.3. The highest BCUT2D eigenvalue weighted by Crippen LogP contribution is 2.49. The zero-order valence-corrected chi connectivity index (χ0v) is 34.2. The first-order valence-corrected chi connectivity index (χ1v) is 20.5. The highest BCUT2D eigenvalue weighted by molar-refractivity contribution is 6.07. The van der Waals surface area contributed by atoms with Crippen molar-refractivity contribution in [3.63, 3.8) is 0 Å². The lowest BCUT2D eigenvalue weighted by Gasteiger charge is -2.35. The van der Waals surface area contributed by atoms with Gasteiger partial charge in [-0.25, -0.2) is 0 Å². The van der Waals surface area contributed by atoms with E-state index in [0.717, 1.165) is 44.9 Å². The molecule has 0 bridgehead atoms. The number of pyridine rings is 2. The van der Waals surface area contributed by atoms with Crippen LogP contribution in [0.4, 0.5) is 28.4 Å². The fourth-order valence-corrected chi connectivity index (χ4v) is 8.49. The van der Waals surface area contributed by atoms with Crippen LogP contribution in [0.5, 0.6) is 0 Å². The van der Waals surface area contributed by atoms with Gasteiger partial charge in [-0.2, -0.15) is 0 Å². The van der Waals surface area contributed by atoms with Crippen molar-refractivity contribution in [3.8, 4) is 22.3 Å². The van der Waals surface area contributed by atoms with E-state index in [1.165, 1.54) is 33.2 Å². The minimum absolute atomic E-state index is 0.0927. The van der Waals surface area contributed by atoms with E-state index in [2.05, 4.69) is 224 Å². The van der Waals surface area contributed by atoms with E-state index in [4.69, 9.17) is 4.94 Å². The zero-order chi connectivity index (χ0) is 40.8. The molecule has 1 unspecified atom stereocenters. The standard InChI is InChI=1S/C53H46N6O/c1-38-28-30-41(31-29-38)54-52(53(2,3)4)59-47-25-12-11-22-45(47)46-32-34-56(36-50(46)59)60-55-33-16-21-42(35-55)57-37-58(49-27-14-13-26-48(49)57)51-43(39-17-7-5-8-18-39)23-15-24-44(51)40-19-9-6-10-20-40/h5-34,52,54H,37H2,1-4H3. The van der Waals surface area contributed by atoms with Crippen LogP contribution in [0.2, 0.25) is 0 Å². The van der Waals surface area contributed by atoms with E-state index in [0.29, 0.717) is 6.67 Å². The molecule has 0 saturated heterocycles. The molecule has 1 aliphatic rings. The number of hydrogen-bond acceptors (Lipinski definition) is 4. The Morgan fingerprint density at radius 1 is 0.583 bits per heavy atom. The van der Waals surface area contributed by atoms with E-state index in [9.17, 15) is 0 Å². The Kier molecular flexibility index (Phi) is 9.29. The molecular weight excluding hydrogens is 737 g/mol. The Balaban J connectivity index is 1.02. The average molecular weight is 783 g/mol. The summed E-state index contributed by atoms with van der Waals surface area (Å²) < 4.78 is 5.65. The number of fused-ring (bicyclic) bond motifs is 4. The third-order valence-corrected chi connectivity index (χ3v) is 11.4. The Hall–Kier alpha value is -7.38. The molecule has 7 nitrogen and oxygen atoms in total. The smallest absolute Gasteiger partial charge is 0.202 e. The number of anilines is 5. The van der Waals surface area contributed by atoms with Crippen molar-refractivity contribution in [2.24, 2.45) is 5.41 Å². The van der Waals surface area contributed by atoms with Gasteiger partial charge in [0.1, 0.15) is 18.6 Å². The summed E-state index contributed by atoms with van der Waals surface area (Å²) in [7, 11) is 0. The summed E-state index contributed by atoms with van der Waals surface area (Å²) in [5, 5.41) is 6.13. The van der Waals surface area contributed by atoms with Crippen molar-refractivity contribution in [1.29, 1.82) is 0 Å². The number of benzene rings is 6. The predicted molar refractivity (Wildman–Crippen MR) is 242 cm³/mol. The maximum Gasteiger partial charge on any atom is 0.202 e. The second-order valence-electron chi connectivity index (χ2n) is 16.5. The van der Waals surface area contributed by atoms with Gasteiger partial charge in [0.2, 0.25) is 12.4 Å². The Labute approximate surface area is 351 Å². The van der Waals surface area contributed by atoms with Gasteiger partial charge in [-0.1, -0.05) is 159 Å². The van der Waals surface area contributed by atoms with Gasteiger partial charge in [0.15, 0.2) is 0 Å². The normalized spacial score (nSPS) is 13.1. The van der Waals surface area contributed by atoms with E-state index < -0.39 is 0 Å². The van der Waals surface area contributed by atoms with E-state index in [1.54, 1.807) is 9.46 Å². The molecule has 60 heavy (non-hydrogen) atoms. The van der Waals surface area contributed by atoms with Crippen LogP contribution in [0.3, 0.4) is 0 Å². The second kappa shape index (κ2) is 15.1. The molecule has 1 atom stereocenters. The van der Waals surface area contributed by atoms with Crippen LogP contribution >= 0.6 is 0 Å². The minimum atomic E-state index is -0.158. The van der Waals surface area contributed by atoms with Crippen molar-refractivity contribution >= 4 is 50.2 Å². The number of nitrogens with one attached hydrogen (secondary N) is 1. The van der Waals surface area contributed by atoms with E-state index in [-0.39, 0.29) is 11.6 Å². The molecule has 7 heteroatoms. The average Bonchev–Trinajstić information content (AvgIpc) is 3.82. The number of para-hydroxylation sites is 4. The number of aryl methyl sites for hydroxylation is 1. The van der Waals surface area contributed by atoms with E-state index in [1.807, 2.05) is 18.5 Å². The maximum absolute atomic E-state index is 6.54. The first kappa shape index (κ1) is 36.9. The fraction of sp³-hybridized carbons (Fsp3) is 0.132. The highest BCUT2D eigenvalue weighted by atomic mass is 16.8. The van der Waals surface area contributed by atoms with Crippen LogP contribution < -0.4 is 29.5 Å². The summed E-state index contributed by atoms with van der Waals surface area (Å²) in [6.07, 6.45) is 10.9. The molecule has 1 aliphatic heterocycles. The first-order valence-electron chi connectivity index (χ1n) is 20.5. The lowest BCUT2D eigenvalue weighted by molar-refractivity contribution is -1.16. The van der Waals surface area contributed by atoms with Gasteiger partial charge in [-0.3, -0.25) is 0 Å². The lowest BCUT2D eigenvalue weighted by atomic mass is 9.91. The van der Waals surface area contributed by atoms with E-state index >= 15 is 0 Å². The Morgan fingerprint density at radius 3 is 1.88 bits per heavy atom. The van der Waals surface area contributed by atoms with Crippen LogP contribution in [0, 0.1) is 24.7 Å². The summed E-state index contributed by atoms with van der Waals surface area (Å²) in [5.41, 5.74) is 13.1. The van der Waals surface area contributed by atoms with Gasteiger partial charge in [-0.15, -0.1) is 12.1 Å². The summed E-state index contributed by atoms with van der Waals surface area (Å²) in [6.45, 7) is 9.50. The molecule has 9 aromatic rings. The van der Waals surface area contributed by atoms with Gasteiger partial charge < -0.3 is 19.7 Å². The van der Waals surface area contributed by atoms with Crippen LogP contribution in [0.25, 0.3) is 44.1 Å². The summed E-state index contributed by atoms with van der Waals surface area (Å²) >= 11 is 0. The van der Waals surface area contributed by atoms with Gasteiger partial charge >= 0.3 is 0 Å². The fourth-order valence-electron chi connectivity index (χ4n) is 8.49. The highest BCUT2D eigenvalue weighted by Gasteiger charge is 2.32. The molecule has 0 amide bonds. The number of nitrogens with zero attached hydrogens (tertiary/aromatic N) is 5. The largest absolute Gasteiger partial charge is 0.365 e. The molecule has 0 fully saturated rings. The van der Waals surface area contributed by atoms with Gasteiger partial charge in [0.25, 0.3) is 0 Å². The van der Waals surface area contributed by atoms with Crippen molar-refractivity contribution in [1.82, 2.24) is 4.57 Å². The molecule has 0 spiro atoms. The molecule has 0 saturated carbocycles. The maximum atomic E-state index is 6.54. The Bertz CT molecular complexity index is 2910. The number of aromatic nitrogens is 3. The summed E-state index contributed by atoms with van der Waals surface area (Å²) in [5.74, 6) is 0. The van der Waals surface area contributed by atoms with Crippen LogP contribution in [-0.2, 0) is 0 Å². The molecule has 0 aliphatic carbocycles. The minimum Gasteiger partial charge on any atom is -0.365 e. The molecule has 294 valence electrons. The van der Waals surface area contributed by atoms with Gasteiger partial charge in [0, 0.05) is 39.0 Å². The SMILES string of the molecule is Cc1ccc(NC(n2c3[c-][n+](O[n+]4[c-]c(N5CN(c6c(-c7ccccc7)cccc6-c6ccccc6)c6ccccc65)ccc4)ccc3c3ccccc32)C(C)(C)C)cc1. The summed E-state index contributed by atoms with van der Waals surface area (Å²) in [6, 6.07) is 59.9. The topological polar surface area (TPSA) is 40.4 Å². The lowest BCUT2D eigenvalue weighted by Crippen LogP contribution is -2.60. The van der Waals surface area contributed by atoms with Crippen LogP contribution in [0.15, 0.2) is 182 Å². The molecule has 10 rings (SSSR count). The van der Waals surface area contributed by atoms with Crippen molar-refractivity contribution in [2.45, 2.75) is 33.9 Å². The first-order chi connectivity index (χ1) is 29.3. The third kappa shape index (κ3) is 6.78. The van der Waals surface area contributed by atoms with Gasteiger partial charge in [-0.05, 0) is 68.2 Å². The van der Waals surface area contributed by atoms with Crippen LogP contribution in [0.1, 0.15) is 32.5 Å². The molecule has 1 N–H and O–H groups in total. The quantitative estimate of drug-likeness (QED) is 0.117. The zero-order valence-electron chi connectivity index (χ0n) is 34.2. The number of hydrogen-bond donors (Lipinski definition) is 1. The van der Waals surface area contributed by atoms with Crippen molar-refractivity contribution < 1.29 is 14.4 Å². The van der Waals surface area contributed by atoms with Crippen LogP contribution in [-0.4, -0.2) is 11.2 Å². The van der Waals surface area contributed by atoms with Gasteiger partial charge in [0.05, 0.1) is 23.7 Å². The molecular formula is C53H46N6O. The van der Waals surface area contributed by atoms with Crippen molar-refractivity contribution in [3.05, 3.63) is 200 Å². The monoisotopic (exact) mass is 782 g/mol. The number of rotatable bonds is 9. The molecule has 6 aromatic carbocycles. The predicted octanol–water partition coefficient (Wildman–Crippen LogP) is 11.4. The second-order valence-corrected chi connectivity index (χ2v) is 16.5. The third-order valence-electron chi connectivity index (χ3n) is 11.4. The van der Waals surface area contributed by atoms with Crippen molar-refractivity contribution in [2.75, 3.05) is 21.8 Å². The molecule has 3 aromatic heterocycles.